The fourth-order valence-corrected chi connectivity index (χ4v) is 3.28. The first-order chi connectivity index (χ1) is 15.4. The fourth-order valence-electron chi connectivity index (χ4n) is 3.28. The molecule has 1 N–H and O–H groups in total. The lowest BCUT2D eigenvalue weighted by molar-refractivity contribution is -0.385. The van der Waals surface area contributed by atoms with Crippen molar-refractivity contribution in [2.45, 2.75) is 59.6 Å². The number of nitro benzene ring substituents is 1. The number of anilines is 1. The number of para-hydroxylation sites is 1. The standard InChI is InChI=1S/C24H29N3O6/c1-7-17(25-23(30)33-24(4,5)6)21(28)26(18-13-9-8-11-15(18)2)22(29)20-16(3)12-10-14-19(20)27(31)32/h8-14,17H,7H2,1-6H3,(H,25,30)/t17-/m0/s1. The molecule has 176 valence electrons. The number of carbonyl (C=O) groups is 3. The van der Waals surface area contributed by atoms with Crippen molar-refractivity contribution in [2.75, 3.05) is 4.90 Å². The van der Waals surface area contributed by atoms with Gasteiger partial charge in [-0.3, -0.25) is 19.7 Å². The zero-order valence-corrected chi connectivity index (χ0v) is 19.7. The molecule has 0 spiro atoms. The van der Waals surface area contributed by atoms with Gasteiger partial charge in [0.15, 0.2) is 0 Å². The van der Waals surface area contributed by atoms with Crippen molar-refractivity contribution >= 4 is 29.3 Å². The molecule has 9 heteroatoms. The largest absolute Gasteiger partial charge is 0.444 e. The summed E-state index contributed by atoms with van der Waals surface area (Å²) >= 11 is 0. The number of imide groups is 1. The van der Waals surface area contributed by atoms with Crippen LogP contribution in [0, 0.1) is 24.0 Å². The van der Waals surface area contributed by atoms with Crippen LogP contribution in [0.2, 0.25) is 0 Å². The van der Waals surface area contributed by atoms with Gasteiger partial charge in [-0.15, -0.1) is 0 Å². The molecule has 0 heterocycles. The highest BCUT2D eigenvalue weighted by Crippen LogP contribution is 2.29. The summed E-state index contributed by atoms with van der Waals surface area (Å²) < 4.78 is 5.25. The molecule has 0 radical (unpaired) electrons. The molecule has 2 rings (SSSR count). The topological polar surface area (TPSA) is 119 Å². The SMILES string of the molecule is CC[C@H](NC(=O)OC(C)(C)C)C(=O)N(C(=O)c1c(C)cccc1[N+](=O)[O-])c1ccccc1C. The summed E-state index contributed by atoms with van der Waals surface area (Å²) in [6.45, 7) is 10.0. The number of hydrogen-bond donors (Lipinski definition) is 1. The van der Waals surface area contributed by atoms with Crippen molar-refractivity contribution in [3.8, 4) is 0 Å². The second-order valence-electron chi connectivity index (χ2n) is 8.60. The number of aryl methyl sites for hydroxylation is 2. The van der Waals surface area contributed by atoms with Gasteiger partial charge in [0.1, 0.15) is 17.2 Å². The van der Waals surface area contributed by atoms with Crippen LogP contribution in [0.3, 0.4) is 0 Å². The van der Waals surface area contributed by atoms with Crippen LogP contribution in [0.5, 0.6) is 0 Å². The molecule has 0 unspecified atom stereocenters. The Morgan fingerprint density at radius 2 is 1.67 bits per heavy atom. The van der Waals surface area contributed by atoms with Crippen LogP contribution in [0.1, 0.15) is 55.6 Å². The van der Waals surface area contributed by atoms with Crippen LogP contribution >= 0.6 is 0 Å². The van der Waals surface area contributed by atoms with Crippen LogP contribution in [0.4, 0.5) is 16.2 Å². The van der Waals surface area contributed by atoms with E-state index in [-0.39, 0.29) is 17.7 Å². The molecule has 0 bridgehead atoms. The van der Waals surface area contributed by atoms with Crippen LogP contribution < -0.4 is 10.2 Å². The maximum Gasteiger partial charge on any atom is 0.408 e. The number of amides is 3. The van der Waals surface area contributed by atoms with Gasteiger partial charge in [-0.2, -0.15) is 0 Å². The minimum absolute atomic E-state index is 0.170. The van der Waals surface area contributed by atoms with E-state index < -0.39 is 40.2 Å². The number of ether oxygens (including phenoxy) is 1. The average Bonchev–Trinajstić information content (AvgIpc) is 2.71. The Hall–Kier alpha value is -3.75. The minimum atomic E-state index is -1.09. The predicted molar refractivity (Wildman–Crippen MR) is 124 cm³/mol. The predicted octanol–water partition coefficient (Wildman–Crippen LogP) is 4.69. The smallest absolute Gasteiger partial charge is 0.408 e. The van der Waals surface area contributed by atoms with E-state index in [9.17, 15) is 24.5 Å². The van der Waals surface area contributed by atoms with E-state index in [0.717, 1.165) is 4.90 Å². The molecule has 2 aromatic carbocycles. The molecule has 0 aliphatic carbocycles. The molecule has 0 saturated carbocycles. The Labute approximate surface area is 192 Å². The molecule has 33 heavy (non-hydrogen) atoms. The van der Waals surface area contributed by atoms with Crippen molar-refractivity contribution in [3.05, 3.63) is 69.3 Å². The van der Waals surface area contributed by atoms with E-state index in [1.54, 1.807) is 71.9 Å². The van der Waals surface area contributed by atoms with Gasteiger partial charge in [0.05, 0.1) is 10.6 Å². The van der Waals surface area contributed by atoms with Crippen molar-refractivity contribution in [1.82, 2.24) is 5.32 Å². The van der Waals surface area contributed by atoms with Gasteiger partial charge in [0.25, 0.3) is 17.5 Å². The van der Waals surface area contributed by atoms with Gasteiger partial charge >= 0.3 is 6.09 Å². The second kappa shape index (κ2) is 10.2. The first kappa shape index (κ1) is 25.5. The number of rotatable bonds is 6. The Balaban J connectivity index is 2.58. The number of alkyl carbamates (subject to hydrolysis) is 1. The Kier molecular flexibility index (Phi) is 7.92. The maximum absolute atomic E-state index is 13.7. The first-order valence-corrected chi connectivity index (χ1v) is 10.5. The van der Waals surface area contributed by atoms with Gasteiger partial charge in [0.2, 0.25) is 0 Å². The highest BCUT2D eigenvalue weighted by molar-refractivity contribution is 6.24. The monoisotopic (exact) mass is 455 g/mol. The van der Waals surface area contributed by atoms with Gasteiger partial charge in [-0.05, 0) is 58.2 Å². The van der Waals surface area contributed by atoms with Crippen LogP contribution in [0.15, 0.2) is 42.5 Å². The molecule has 2 aromatic rings. The van der Waals surface area contributed by atoms with Gasteiger partial charge < -0.3 is 10.1 Å². The number of carbonyl (C=O) groups excluding carboxylic acids is 3. The van der Waals surface area contributed by atoms with E-state index >= 15 is 0 Å². The lowest BCUT2D eigenvalue weighted by Crippen LogP contribution is -2.51. The molecule has 9 nitrogen and oxygen atoms in total. The summed E-state index contributed by atoms with van der Waals surface area (Å²) in [5, 5.41) is 14.1. The van der Waals surface area contributed by atoms with E-state index in [2.05, 4.69) is 5.32 Å². The van der Waals surface area contributed by atoms with E-state index in [0.29, 0.717) is 11.1 Å². The molecular formula is C24H29N3O6. The third-order valence-corrected chi connectivity index (χ3v) is 4.84. The molecule has 1 atom stereocenters. The summed E-state index contributed by atoms with van der Waals surface area (Å²) in [6.07, 6.45) is -0.634. The second-order valence-corrected chi connectivity index (χ2v) is 8.60. The number of nitrogens with zero attached hydrogens (tertiary/aromatic N) is 2. The van der Waals surface area contributed by atoms with E-state index in [1.807, 2.05) is 0 Å². The third kappa shape index (κ3) is 6.15. The number of nitrogens with one attached hydrogen (secondary N) is 1. The van der Waals surface area contributed by atoms with Gasteiger partial charge in [-0.25, -0.2) is 9.69 Å². The molecule has 0 fully saturated rings. The fraction of sp³-hybridized carbons (Fsp3) is 0.375. The molecule has 0 aliphatic heterocycles. The molecule has 3 amide bonds. The molecule has 0 aromatic heterocycles. The average molecular weight is 456 g/mol. The number of benzene rings is 2. The van der Waals surface area contributed by atoms with Gasteiger partial charge in [0, 0.05) is 6.07 Å². The molecule has 0 aliphatic rings. The van der Waals surface area contributed by atoms with Crippen LogP contribution in [0.25, 0.3) is 0 Å². The summed E-state index contributed by atoms with van der Waals surface area (Å²) in [5.41, 5.74) is -0.129. The van der Waals surface area contributed by atoms with Crippen molar-refractivity contribution in [1.29, 1.82) is 0 Å². The highest BCUT2D eigenvalue weighted by Gasteiger charge is 2.36. The first-order valence-electron chi connectivity index (χ1n) is 10.5. The lowest BCUT2D eigenvalue weighted by Gasteiger charge is -2.28. The van der Waals surface area contributed by atoms with Crippen molar-refractivity contribution in [2.24, 2.45) is 0 Å². The van der Waals surface area contributed by atoms with Crippen LogP contribution in [-0.2, 0) is 9.53 Å². The Morgan fingerprint density at radius 1 is 1.06 bits per heavy atom. The normalized spacial score (nSPS) is 11.9. The summed E-state index contributed by atoms with van der Waals surface area (Å²) in [5.74, 6) is -1.57. The van der Waals surface area contributed by atoms with Gasteiger partial charge in [-0.1, -0.05) is 37.3 Å². The lowest BCUT2D eigenvalue weighted by atomic mass is 10.0. The zero-order valence-electron chi connectivity index (χ0n) is 19.7. The highest BCUT2D eigenvalue weighted by atomic mass is 16.6. The van der Waals surface area contributed by atoms with Crippen molar-refractivity contribution < 1.29 is 24.0 Å². The Morgan fingerprint density at radius 3 is 2.21 bits per heavy atom. The van der Waals surface area contributed by atoms with E-state index in [1.165, 1.54) is 12.1 Å². The number of nitro groups is 1. The van der Waals surface area contributed by atoms with E-state index in [4.69, 9.17) is 4.74 Å². The third-order valence-electron chi connectivity index (χ3n) is 4.84. The van der Waals surface area contributed by atoms with Crippen LogP contribution in [-0.4, -0.2) is 34.5 Å². The minimum Gasteiger partial charge on any atom is -0.444 e. The molecule has 0 saturated heterocycles. The van der Waals surface area contributed by atoms with Crippen molar-refractivity contribution in [3.63, 3.8) is 0 Å². The Bertz CT molecular complexity index is 1070. The number of hydrogen-bond acceptors (Lipinski definition) is 6. The summed E-state index contributed by atoms with van der Waals surface area (Å²) in [6, 6.07) is 9.87. The zero-order chi connectivity index (χ0) is 24.9. The molecular weight excluding hydrogens is 426 g/mol. The summed E-state index contributed by atoms with van der Waals surface area (Å²) in [4.78, 5) is 51.5. The quantitative estimate of drug-likeness (QED) is 0.499. The summed E-state index contributed by atoms with van der Waals surface area (Å²) in [7, 11) is 0. The maximum atomic E-state index is 13.7.